The van der Waals surface area contributed by atoms with Crippen molar-refractivity contribution in [3.8, 4) is 0 Å². The molecule has 20 heavy (non-hydrogen) atoms. The second kappa shape index (κ2) is 7.41. The van der Waals surface area contributed by atoms with Gasteiger partial charge in [0.25, 0.3) is 0 Å². The summed E-state index contributed by atoms with van der Waals surface area (Å²) in [7, 11) is 0. The third-order valence-electron chi connectivity index (χ3n) is 4.10. The van der Waals surface area contributed by atoms with E-state index in [2.05, 4.69) is 0 Å². The topological polar surface area (TPSA) is 66.6 Å². The molecule has 1 aliphatic rings. The van der Waals surface area contributed by atoms with Crippen LogP contribution in [-0.4, -0.2) is 41.7 Å². The molecule has 0 spiro atoms. The van der Waals surface area contributed by atoms with Gasteiger partial charge in [-0.15, -0.1) is 0 Å². The molecule has 0 heterocycles. The number of benzene rings is 1. The van der Waals surface area contributed by atoms with Crippen molar-refractivity contribution < 1.29 is 9.90 Å². The van der Waals surface area contributed by atoms with Crippen molar-refractivity contribution >= 4 is 5.91 Å². The van der Waals surface area contributed by atoms with Gasteiger partial charge < -0.3 is 15.7 Å². The second-order valence-corrected chi connectivity index (χ2v) is 5.46. The Bertz CT molecular complexity index is 418. The van der Waals surface area contributed by atoms with Gasteiger partial charge in [-0.3, -0.25) is 4.79 Å². The van der Waals surface area contributed by atoms with Gasteiger partial charge in [0.15, 0.2) is 0 Å². The van der Waals surface area contributed by atoms with Gasteiger partial charge in [0.05, 0.1) is 12.5 Å². The van der Waals surface area contributed by atoms with E-state index in [1.165, 1.54) is 6.42 Å². The van der Waals surface area contributed by atoms with Crippen LogP contribution in [0.15, 0.2) is 30.3 Å². The number of hydrogen-bond donors (Lipinski definition) is 2. The SMILES string of the molecule is NCC(Cc1ccccc1)C(=O)N(CCO)C1CCC1. The van der Waals surface area contributed by atoms with Crippen molar-refractivity contribution in [3.05, 3.63) is 35.9 Å². The Morgan fingerprint density at radius 2 is 2.05 bits per heavy atom. The first-order valence-corrected chi connectivity index (χ1v) is 7.41. The summed E-state index contributed by atoms with van der Waals surface area (Å²) in [6, 6.07) is 10.3. The molecule has 1 amide bonds. The zero-order valence-electron chi connectivity index (χ0n) is 11.9. The third kappa shape index (κ3) is 3.58. The van der Waals surface area contributed by atoms with Crippen molar-refractivity contribution in [3.63, 3.8) is 0 Å². The number of amides is 1. The number of nitrogens with zero attached hydrogens (tertiary/aromatic N) is 1. The highest BCUT2D eigenvalue weighted by atomic mass is 16.3. The number of hydrogen-bond acceptors (Lipinski definition) is 3. The summed E-state index contributed by atoms with van der Waals surface area (Å²) in [5.41, 5.74) is 6.94. The minimum atomic E-state index is -0.190. The largest absolute Gasteiger partial charge is 0.395 e. The second-order valence-electron chi connectivity index (χ2n) is 5.46. The van der Waals surface area contributed by atoms with Crippen molar-refractivity contribution in [2.75, 3.05) is 19.7 Å². The monoisotopic (exact) mass is 276 g/mol. The van der Waals surface area contributed by atoms with E-state index in [-0.39, 0.29) is 18.4 Å². The van der Waals surface area contributed by atoms with Crippen LogP contribution in [0.3, 0.4) is 0 Å². The van der Waals surface area contributed by atoms with Gasteiger partial charge in [0.2, 0.25) is 5.91 Å². The molecule has 0 aromatic heterocycles. The highest BCUT2D eigenvalue weighted by Crippen LogP contribution is 2.26. The Morgan fingerprint density at radius 3 is 2.55 bits per heavy atom. The quantitative estimate of drug-likeness (QED) is 0.786. The van der Waals surface area contributed by atoms with Gasteiger partial charge in [-0.05, 0) is 31.2 Å². The fraction of sp³-hybridized carbons (Fsp3) is 0.562. The van der Waals surface area contributed by atoms with E-state index in [0.717, 1.165) is 18.4 Å². The van der Waals surface area contributed by atoms with Crippen LogP contribution in [0, 0.1) is 5.92 Å². The molecule has 1 aromatic rings. The van der Waals surface area contributed by atoms with Crippen molar-refractivity contribution in [2.24, 2.45) is 11.7 Å². The lowest BCUT2D eigenvalue weighted by Gasteiger charge is -2.39. The molecule has 110 valence electrons. The Balaban J connectivity index is 2.02. The van der Waals surface area contributed by atoms with Crippen molar-refractivity contribution in [1.82, 2.24) is 4.90 Å². The summed E-state index contributed by atoms with van der Waals surface area (Å²) in [5.74, 6) is -0.0975. The first kappa shape index (κ1) is 15.0. The van der Waals surface area contributed by atoms with E-state index >= 15 is 0 Å². The van der Waals surface area contributed by atoms with E-state index in [1.54, 1.807) is 0 Å². The number of carbonyl (C=O) groups is 1. The Kier molecular flexibility index (Phi) is 5.56. The fourth-order valence-corrected chi connectivity index (χ4v) is 2.68. The molecule has 1 aromatic carbocycles. The zero-order chi connectivity index (χ0) is 14.4. The maximum atomic E-state index is 12.6. The lowest BCUT2D eigenvalue weighted by Crippen LogP contribution is -2.49. The minimum absolute atomic E-state index is 0.0187. The highest BCUT2D eigenvalue weighted by Gasteiger charge is 2.31. The summed E-state index contributed by atoms with van der Waals surface area (Å²) >= 11 is 0. The number of aliphatic hydroxyl groups is 1. The smallest absolute Gasteiger partial charge is 0.227 e. The van der Waals surface area contributed by atoms with Crippen molar-refractivity contribution in [1.29, 1.82) is 0 Å². The number of nitrogens with two attached hydrogens (primary N) is 1. The van der Waals surface area contributed by atoms with Gasteiger partial charge in [-0.2, -0.15) is 0 Å². The molecule has 1 saturated carbocycles. The van der Waals surface area contributed by atoms with Crippen LogP contribution >= 0.6 is 0 Å². The first-order valence-electron chi connectivity index (χ1n) is 7.41. The van der Waals surface area contributed by atoms with E-state index in [4.69, 9.17) is 5.73 Å². The number of aliphatic hydroxyl groups excluding tert-OH is 1. The van der Waals surface area contributed by atoms with Crippen LogP contribution in [-0.2, 0) is 11.2 Å². The Hall–Kier alpha value is -1.39. The zero-order valence-corrected chi connectivity index (χ0v) is 11.9. The fourth-order valence-electron chi connectivity index (χ4n) is 2.68. The molecular weight excluding hydrogens is 252 g/mol. The van der Waals surface area contributed by atoms with Crippen molar-refractivity contribution in [2.45, 2.75) is 31.7 Å². The molecule has 0 bridgehead atoms. The van der Waals surface area contributed by atoms with Crippen LogP contribution in [0.1, 0.15) is 24.8 Å². The molecule has 1 atom stereocenters. The molecule has 1 unspecified atom stereocenters. The number of carbonyl (C=O) groups excluding carboxylic acids is 1. The Labute approximate surface area is 120 Å². The summed E-state index contributed by atoms with van der Waals surface area (Å²) in [4.78, 5) is 14.5. The molecular formula is C16H24N2O2. The summed E-state index contributed by atoms with van der Waals surface area (Å²) < 4.78 is 0. The van der Waals surface area contributed by atoms with Crippen LogP contribution in [0.2, 0.25) is 0 Å². The van der Waals surface area contributed by atoms with Crippen LogP contribution in [0.4, 0.5) is 0 Å². The molecule has 4 nitrogen and oxygen atoms in total. The average molecular weight is 276 g/mol. The Morgan fingerprint density at radius 1 is 1.35 bits per heavy atom. The molecule has 4 heteroatoms. The van der Waals surface area contributed by atoms with Gasteiger partial charge >= 0.3 is 0 Å². The average Bonchev–Trinajstić information content (AvgIpc) is 2.43. The van der Waals surface area contributed by atoms with Gasteiger partial charge in [0, 0.05) is 19.1 Å². The lowest BCUT2D eigenvalue weighted by atomic mass is 9.89. The molecule has 0 aliphatic heterocycles. The van der Waals surface area contributed by atoms with Gasteiger partial charge in [-0.1, -0.05) is 30.3 Å². The maximum absolute atomic E-state index is 12.6. The molecule has 2 rings (SSSR count). The van der Waals surface area contributed by atoms with E-state index < -0.39 is 0 Å². The first-order chi connectivity index (χ1) is 9.76. The van der Waals surface area contributed by atoms with E-state index in [9.17, 15) is 9.90 Å². The molecule has 1 fully saturated rings. The molecule has 0 saturated heterocycles. The molecule has 3 N–H and O–H groups in total. The maximum Gasteiger partial charge on any atom is 0.227 e. The standard InChI is InChI=1S/C16H24N2O2/c17-12-14(11-13-5-2-1-3-6-13)16(20)18(9-10-19)15-7-4-8-15/h1-3,5-6,14-15,19H,4,7-12,17H2. The summed E-state index contributed by atoms with van der Waals surface area (Å²) in [6.07, 6.45) is 3.94. The van der Waals surface area contributed by atoms with Crippen LogP contribution in [0.25, 0.3) is 0 Å². The van der Waals surface area contributed by atoms with Crippen LogP contribution < -0.4 is 5.73 Å². The van der Waals surface area contributed by atoms with E-state index in [1.807, 2.05) is 35.2 Å². The number of rotatable bonds is 7. The molecule has 0 radical (unpaired) electrons. The van der Waals surface area contributed by atoms with Gasteiger partial charge in [0.1, 0.15) is 0 Å². The predicted molar refractivity (Wildman–Crippen MR) is 79.1 cm³/mol. The van der Waals surface area contributed by atoms with Gasteiger partial charge in [-0.25, -0.2) is 0 Å². The summed E-state index contributed by atoms with van der Waals surface area (Å²) in [6.45, 7) is 0.794. The lowest BCUT2D eigenvalue weighted by molar-refractivity contribution is -0.140. The summed E-state index contributed by atoms with van der Waals surface area (Å²) in [5, 5.41) is 9.17. The highest BCUT2D eigenvalue weighted by molar-refractivity contribution is 5.80. The third-order valence-corrected chi connectivity index (χ3v) is 4.10. The minimum Gasteiger partial charge on any atom is -0.395 e. The van der Waals surface area contributed by atoms with Crippen LogP contribution in [0.5, 0.6) is 0 Å². The van der Waals surface area contributed by atoms with E-state index in [0.29, 0.717) is 25.6 Å². The molecule has 1 aliphatic carbocycles. The normalized spacial score (nSPS) is 16.5. The predicted octanol–water partition coefficient (Wildman–Crippen LogP) is 1.18.